The second-order valence-corrected chi connectivity index (χ2v) is 4.78. The Morgan fingerprint density at radius 1 is 1.25 bits per heavy atom. The van der Waals surface area contributed by atoms with E-state index < -0.39 is 0 Å². The van der Waals surface area contributed by atoms with E-state index >= 15 is 0 Å². The maximum Gasteiger partial charge on any atom is 0.273 e. The SMILES string of the molecule is CNc1cc(N2CCc3ccccc32)cc([N+](=O)[O-])c1. The summed E-state index contributed by atoms with van der Waals surface area (Å²) >= 11 is 0. The minimum atomic E-state index is -0.355. The van der Waals surface area contributed by atoms with Gasteiger partial charge in [0.25, 0.3) is 5.69 Å². The number of para-hydroxylation sites is 1. The van der Waals surface area contributed by atoms with Crippen LogP contribution in [0.4, 0.5) is 22.7 Å². The lowest BCUT2D eigenvalue weighted by molar-refractivity contribution is -0.384. The molecule has 0 radical (unpaired) electrons. The van der Waals surface area contributed by atoms with E-state index in [0.29, 0.717) is 0 Å². The molecule has 0 atom stereocenters. The highest BCUT2D eigenvalue weighted by molar-refractivity contribution is 5.74. The highest BCUT2D eigenvalue weighted by atomic mass is 16.6. The van der Waals surface area contributed by atoms with Crippen molar-refractivity contribution in [2.75, 3.05) is 23.8 Å². The molecule has 102 valence electrons. The first-order chi connectivity index (χ1) is 9.69. The number of nitro groups is 1. The molecule has 20 heavy (non-hydrogen) atoms. The van der Waals surface area contributed by atoms with Gasteiger partial charge in [-0.05, 0) is 24.1 Å². The number of fused-ring (bicyclic) bond motifs is 1. The fourth-order valence-electron chi connectivity index (χ4n) is 2.61. The molecule has 1 N–H and O–H groups in total. The lowest BCUT2D eigenvalue weighted by Crippen LogP contribution is -2.13. The summed E-state index contributed by atoms with van der Waals surface area (Å²) in [6, 6.07) is 13.3. The van der Waals surface area contributed by atoms with Crippen LogP contribution in [0.15, 0.2) is 42.5 Å². The van der Waals surface area contributed by atoms with E-state index in [1.165, 1.54) is 5.56 Å². The van der Waals surface area contributed by atoms with Crippen molar-refractivity contribution in [1.82, 2.24) is 0 Å². The fourth-order valence-corrected chi connectivity index (χ4v) is 2.61. The first-order valence-corrected chi connectivity index (χ1v) is 6.52. The van der Waals surface area contributed by atoms with Gasteiger partial charge in [0.05, 0.1) is 10.6 Å². The molecule has 0 bridgehead atoms. The molecule has 2 aromatic carbocycles. The zero-order valence-corrected chi connectivity index (χ0v) is 11.2. The molecular weight excluding hydrogens is 254 g/mol. The highest BCUT2D eigenvalue weighted by Gasteiger charge is 2.22. The smallest absolute Gasteiger partial charge is 0.273 e. The van der Waals surface area contributed by atoms with E-state index in [9.17, 15) is 10.1 Å². The van der Waals surface area contributed by atoms with E-state index in [0.717, 1.165) is 30.0 Å². The number of nitro benzene ring substituents is 1. The Labute approximate surface area is 117 Å². The molecule has 0 saturated carbocycles. The topological polar surface area (TPSA) is 58.4 Å². The largest absolute Gasteiger partial charge is 0.388 e. The van der Waals surface area contributed by atoms with Crippen molar-refractivity contribution >= 4 is 22.7 Å². The molecule has 2 aromatic rings. The average molecular weight is 269 g/mol. The number of non-ortho nitro benzene ring substituents is 1. The van der Waals surface area contributed by atoms with Crippen LogP contribution in [0.1, 0.15) is 5.56 Å². The summed E-state index contributed by atoms with van der Waals surface area (Å²) in [6.07, 6.45) is 0.966. The maximum atomic E-state index is 11.0. The van der Waals surface area contributed by atoms with Gasteiger partial charge < -0.3 is 10.2 Å². The molecule has 0 amide bonds. The number of hydrogen-bond donors (Lipinski definition) is 1. The third-order valence-corrected chi connectivity index (χ3v) is 3.60. The number of rotatable bonds is 3. The number of benzene rings is 2. The van der Waals surface area contributed by atoms with Crippen molar-refractivity contribution in [3.8, 4) is 0 Å². The van der Waals surface area contributed by atoms with E-state index in [2.05, 4.69) is 22.3 Å². The van der Waals surface area contributed by atoms with Crippen molar-refractivity contribution in [1.29, 1.82) is 0 Å². The monoisotopic (exact) mass is 269 g/mol. The minimum absolute atomic E-state index is 0.108. The fraction of sp³-hybridized carbons (Fsp3) is 0.200. The molecule has 1 aliphatic heterocycles. The summed E-state index contributed by atoms with van der Waals surface area (Å²) < 4.78 is 0. The zero-order chi connectivity index (χ0) is 14.1. The number of nitrogens with zero attached hydrogens (tertiary/aromatic N) is 2. The van der Waals surface area contributed by atoms with Gasteiger partial charge >= 0.3 is 0 Å². The lowest BCUT2D eigenvalue weighted by Gasteiger charge is -2.20. The van der Waals surface area contributed by atoms with Crippen LogP contribution in [0.2, 0.25) is 0 Å². The Morgan fingerprint density at radius 3 is 2.80 bits per heavy atom. The summed E-state index contributed by atoms with van der Waals surface area (Å²) in [7, 11) is 1.76. The van der Waals surface area contributed by atoms with E-state index in [-0.39, 0.29) is 10.6 Å². The maximum absolute atomic E-state index is 11.0. The van der Waals surface area contributed by atoms with Crippen LogP contribution in [0.3, 0.4) is 0 Å². The van der Waals surface area contributed by atoms with Crippen LogP contribution in [0.25, 0.3) is 0 Å². The van der Waals surface area contributed by atoms with Gasteiger partial charge in [-0.25, -0.2) is 0 Å². The Balaban J connectivity index is 2.07. The molecular formula is C15H15N3O2. The normalized spacial score (nSPS) is 13.2. The van der Waals surface area contributed by atoms with Gasteiger partial charge in [-0.3, -0.25) is 10.1 Å². The van der Waals surface area contributed by atoms with Gasteiger partial charge in [-0.2, -0.15) is 0 Å². The summed E-state index contributed by atoms with van der Waals surface area (Å²) in [6.45, 7) is 0.851. The number of hydrogen-bond acceptors (Lipinski definition) is 4. The van der Waals surface area contributed by atoms with Crippen LogP contribution >= 0.6 is 0 Å². The van der Waals surface area contributed by atoms with Gasteiger partial charge in [0, 0.05) is 37.1 Å². The van der Waals surface area contributed by atoms with Crippen LogP contribution in [-0.2, 0) is 6.42 Å². The Hall–Kier alpha value is -2.56. The van der Waals surface area contributed by atoms with Gasteiger partial charge in [0.15, 0.2) is 0 Å². The van der Waals surface area contributed by atoms with Crippen LogP contribution in [0.5, 0.6) is 0 Å². The van der Waals surface area contributed by atoms with Crippen molar-refractivity contribution in [2.24, 2.45) is 0 Å². The van der Waals surface area contributed by atoms with Gasteiger partial charge in [0.1, 0.15) is 0 Å². The quantitative estimate of drug-likeness (QED) is 0.686. The van der Waals surface area contributed by atoms with Gasteiger partial charge in [-0.15, -0.1) is 0 Å². The van der Waals surface area contributed by atoms with E-state index in [1.807, 2.05) is 18.2 Å². The second kappa shape index (κ2) is 4.85. The Bertz CT molecular complexity index is 670. The Kier molecular flexibility index (Phi) is 3.02. The first kappa shape index (κ1) is 12.5. The van der Waals surface area contributed by atoms with Gasteiger partial charge in [0.2, 0.25) is 0 Å². The summed E-state index contributed by atoms with van der Waals surface area (Å²) in [5.41, 5.74) is 4.13. The van der Waals surface area contributed by atoms with Crippen LogP contribution < -0.4 is 10.2 Å². The predicted molar refractivity (Wildman–Crippen MR) is 79.8 cm³/mol. The molecule has 5 heteroatoms. The van der Waals surface area contributed by atoms with Crippen molar-refractivity contribution < 1.29 is 4.92 Å². The van der Waals surface area contributed by atoms with Crippen LogP contribution in [-0.4, -0.2) is 18.5 Å². The van der Waals surface area contributed by atoms with E-state index in [4.69, 9.17) is 0 Å². The summed E-state index contributed by atoms with van der Waals surface area (Å²) in [4.78, 5) is 12.8. The standard InChI is InChI=1S/C15H15N3O2/c1-16-12-8-13(10-14(9-12)18(19)20)17-7-6-11-4-2-3-5-15(11)17/h2-5,8-10,16H,6-7H2,1H3. The Morgan fingerprint density at radius 2 is 2.05 bits per heavy atom. The molecule has 0 unspecified atom stereocenters. The molecule has 0 saturated heterocycles. The second-order valence-electron chi connectivity index (χ2n) is 4.78. The lowest BCUT2D eigenvalue weighted by atomic mass is 10.1. The van der Waals surface area contributed by atoms with Gasteiger partial charge in [-0.1, -0.05) is 18.2 Å². The number of nitrogens with one attached hydrogen (secondary N) is 1. The first-order valence-electron chi connectivity index (χ1n) is 6.52. The number of anilines is 3. The van der Waals surface area contributed by atoms with Crippen LogP contribution in [0, 0.1) is 10.1 Å². The van der Waals surface area contributed by atoms with E-state index in [1.54, 1.807) is 19.2 Å². The van der Waals surface area contributed by atoms with Crippen molar-refractivity contribution in [3.05, 3.63) is 58.1 Å². The summed E-state index contributed by atoms with van der Waals surface area (Å²) in [5.74, 6) is 0. The molecule has 1 aliphatic rings. The average Bonchev–Trinajstić information content (AvgIpc) is 2.90. The highest BCUT2D eigenvalue weighted by Crippen LogP contribution is 2.37. The predicted octanol–water partition coefficient (Wildman–Crippen LogP) is 3.33. The third kappa shape index (κ3) is 2.07. The third-order valence-electron chi connectivity index (χ3n) is 3.60. The molecule has 3 rings (SSSR count). The molecule has 1 heterocycles. The molecule has 0 aromatic heterocycles. The molecule has 0 aliphatic carbocycles. The molecule has 5 nitrogen and oxygen atoms in total. The van der Waals surface area contributed by atoms with Crippen molar-refractivity contribution in [3.63, 3.8) is 0 Å². The summed E-state index contributed by atoms with van der Waals surface area (Å²) in [5, 5.41) is 14.0. The minimum Gasteiger partial charge on any atom is -0.388 e. The molecule has 0 spiro atoms. The van der Waals surface area contributed by atoms with Crippen molar-refractivity contribution in [2.45, 2.75) is 6.42 Å². The molecule has 0 fully saturated rings. The zero-order valence-electron chi connectivity index (χ0n) is 11.2.